The first-order valence-electron chi connectivity index (χ1n) is 2.57. The molecule has 0 bridgehead atoms. The highest BCUT2D eigenvalue weighted by molar-refractivity contribution is 6.38. The number of hydrogen-bond donors (Lipinski definition) is 2. The molecule has 0 fully saturated rings. The smallest absolute Gasteiger partial charge is 0.407 e. The van der Waals surface area contributed by atoms with E-state index in [-0.39, 0.29) is 0 Å². The normalized spacial score (nSPS) is 9.67. The molecule has 1 aromatic rings. The molecule has 4 nitrogen and oxygen atoms in total. The second-order valence-electron chi connectivity index (χ2n) is 1.84. The average molecular weight is 126 g/mol. The SMILES string of the molecule is Cc1cnn(B(O)O)c1. The number of aromatic nitrogens is 2. The first-order chi connectivity index (χ1) is 4.20. The van der Waals surface area contributed by atoms with Crippen LogP contribution in [0.3, 0.4) is 0 Å². The van der Waals surface area contributed by atoms with E-state index in [0.29, 0.717) is 0 Å². The molecule has 1 aromatic heterocycles. The third-order valence-electron chi connectivity index (χ3n) is 0.967. The van der Waals surface area contributed by atoms with Crippen molar-refractivity contribution in [3.05, 3.63) is 18.0 Å². The quantitative estimate of drug-likeness (QED) is 0.475. The van der Waals surface area contributed by atoms with E-state index in [0.717, 1.165) is 10.2 Å². The van der Waals surface area contributed by atoms with Crippen molar-refractivity contribution >= 4 is 7.25 Å². The van der Waals surface area contributed by atoms with E-state index in [4.69, 9.17) is 10.0 Å². The van der Waals surface area contributed by atoms with Gasteiger partial charge in [0.1, 0.15) is 0 Å². The molecule has 48 valence electrons. The molecule has 2 N–H and O–H groups in total. The fraction of sp³-hybridized carbons (Fsp3) is 0.250. The second kappa shape index (κ2) is 2.20. The van der Waals surface area contributed by atoms with E-state index in [9.17, 15) is 0 Å². The lowest BCUT2D eigenvalue weighted by Gasteiger charge is -1.93. The van der Waals surface area contributed by atoms with Crippen LogP contribution in [-0.2, 0) is 0 Å². The maximum atomic E-state index is 8.49. The van der Waals surface area contributed by atoms with E-state index >= 15 is 0 Å². The number of aryl methyl sites for hydroxylation is 1. The van der Waals surface area contributed by atoms with Gasteiger partial charge < -0.3 is 10.0 Å². The Morgan fingerprint density at radius 3 is 2.56 bits per heavy atom. The maximum Gasteiger partial charge on any atom is 0.609 e. The van der Waals surface area contributed by atoms with E-state index in [1.165, 1.54) is 0 Å². The van der Waals surface area contributed by atoms with Crippen molar-refractivity contribution in [1.82, 2.24) is 9.69 Å². The van der Waals surface area contributed by atoms with Crippen molar-refractivity contribution in [3.8, 4) is 0 Å². The first kappa shape index (κ1) is 6.32. The number of nitrogens with zero attached hydrogens (tertiary/aromatic N) is 2. The summed E-state index contributed by atoms with van der Waals surface area (Å²) >= 11 is 0. The Labute approximate surface area is 52.9 Å². The standard InChI is InChI=1S/C4H7BN2O2/c1-4-2-6-7(3-4)5(8)9/h2-3,8-9H,1H3. The first-order valence-corrected chi connectivity index (χ1v) is 2.57. The van der Waals surface area contributed by atoms with Crippen LogP contribution in [-0.4, -0.2) is 27.0 Å². The van der Waals surface area contributed by atoms with Crippen molar-refractivity contribution in [1.29, 1.82) is 0 Å². The summed E-state index contributed by atoms with van der Waals surface area (Å²) in [6.07, 6.45) is 3.10. The summed E-state index contributed by atoms with van der Waals surface area (Å²) in [7, 11) is -1.52. The van der Waals surface area contributed by atoms with Gasteiger partial charge in [-0.15, -0.1) is 0 Å². The lowest BCUT2D eigenvalue weighted by atomic mass is 10.2. The van der Waals surface area contributed by atoms with Crippen molar-refractivity contribution < 1.29 is 10.0 Å². The molecule has 0 unspecified atom stereocenters. The van der Waals surface area contributed by atoms with Gasteiger partial charge in [0.15, 0.2) is 0 Å². The average Bonchev–Trinajstić information content (AvgIpc) is 2.14. The third kappa shape index (κ3) is 1.31. The molecular weight excluding hydrogens is 119 g/mol. The summed E-state index contributed by atoms with van der Waals surface area (Å²) < 4.78 is 1.06. The minimum absolute atomic E-state index is 0.906. The molecule has 0 saturated carbocycles. The lowest BCUT2D eigenvalue weighted by Crippen LogP contribution is -2.23. The fourth-order valence-corrected chi connectivity index (χ4v) is 0.559. The van der Waals surface area contributed by atoms with Gasteiger partial charge in [0, 0.05) is 6.20 Å². The van der Waals surface area contributed by atoms with Crippen LogP contribution in [0.2, 0.25) is 0 Å². The van der Waals surface area contributed by atoms with Crippen molar-refractivity contribution in [2.45, 2.75) is 6.92 Å². The van der Waals surface area contributed by atoms with Gasteiger partial charge in [-0.1, -0.05) is 0 Å². The summed E-state index contributed by atoms with van der Waals surface area (Å²) in [6, 6.07) is 0. The van der Waals surface area contributed by atoms with Crippen LogP contribution < -0.4 is 0 Å². The van der Waals surface area contributed by atoms with Crippen LogP contribution in [0.5, 0.6) is 0 Å². The molecular formula is C4H7BN2O2. The van der Waals surface area contributed by atoms with Crippen LogP contribution in [0.4, 0.5) is 0 Å². The molecule has 5 heteroatoms. The van der Waals surface area contributed by atoms with E-state index in [2.05, 4.69) is 5.10 Å². The third-order valence-corrected chi connectivity index (χ3v) is 0.967. The number of hydrogen-bond acceptors (Lipinski definition) is 3. The molecule has 1 rings (SSSR count). The maximum absolute atomic E-state index is 8.49. The predicted molar refractivity (Wildman–Crippen MR) is 32.6 cm³/mol. The molecule has 0 radical (unpaired) electrons. The Hall–Kier alpha value is -0.805. The Balaban J connectivity index is 2.85. The minimum atomic E-state index is -1.52. The van der Waals surface area contributed by atoms with Crippen LogP contribution >= 0.6 is 0 Å². The summed E-state index contributed by atoms with van der Waals surface area (Å²) in [5.74, 6) is 0. The molecule has 0 amide bonds. The molecule has 0 aliphatic rings. The minimum Gasteiger partial charge on any atom is -0.407 e. The van der Waals surface area contributed by atoms with Crippen LogP contribution in [0.25, 0.3) is 0 Å². The fourth-order valence-electron chi connectivity index (χ4n) is 0.559. The molecule has 0 aliphatic carbocycles. The monoisotopic (exact) mass is 126 g/mol. The Kier molecular flexibility index (Phi) is 1.55. The molecule has 0 saturated heterocycles. The molecule has 0 aliphatic heterocycles. The van der Waals surface area contributed by atoms with Crippen molar-refractivity contribution in [3.63, 3.8) is 0 Å². The molecule has 0 atom stereocenters. The zero-order valence-electron chi connectivity index (χ0n) is 5.02. The van der Waals surface area contributed by atoms with Gasteiger partial charge in [0.05, 0.1) is 6.20 Å². The van der Waals surface area contributed by atoms with Crippen LogP contribution in [0.1, 0.15) is 5.56 Å². The molecule has 0 aromatic carbocycles. The summed E-state index contributed by atoms with van der Waals surface area (Å²) in [5, 5.41) is 20.6. The Morgan fingerprint density at radius 1 is 1.67 bits per heavy atom. The lowest BCUT2D eigenvalue weighted by molar-refractivity contribution is 0.383. The van der Waals surface area contributed by atoms with Gasteiger partial charge in [-0.2, -0.15) is 5.10 Å². The van der Waals surface area contributed by atoms with Gasteiger partial charge in [-0.05, 0) is 12.5 Å². The highest BCUT2D eigenvalue weighted by Gasteiger charge is 2.10. The Bertz CT molecular complexity index is 198. The number of rotatable bonds is 1. The largest absolute Gasteiger partial charge is 0.609 e. The van der Waals surface area contributed by atoms with E-state index in [1.54, 1.807) is 12.4 Å². The van der Waals surface area contributed by atoms with E-state index in [1.807, 2.05) is 6.92 Å². The Morgan fingerprint density at radius 2 is 2.33 bits per heavy atom. The van der Waals surface area contributed by atoms with Crippen LogP contribution in [0.15, 0.2) is 12.4 Å². The molecule has 9 heavy (non-hydrogen) atoms. The predicted octanol–water partition coefficient (Wildman–Crippen LogP) is -0.991. The highest BCUT2D eigenvalue weighted by Crippen LogP contribution is 1.92. The van der Waals surface area contributed by atoms with E-state index < -0.39 is 7.25 Å². The zero-order valence-corrected chi connectivity index (χ0v) is 5.02. The summed E-state index contributed by atoms with van der Waals surface area (Å²) in [6.45, 7) is 1.83. The van der Waals surface area contributed by atoms with Gasteiger partial charge in [-0.25, -0.2) is 0 Å². The second-order valence-corrected chi connectivity index (χ2v) is 1.84. The van der Waals surface area contributed by atoms with Gasteiger partial charge in [0.2, 0.25) is 0 Å². The molecule has 1 heterocycles. The van der Waals surface area contributed by atoms with Gasteiger partial charge >= 0.3 is 7.25 Å². The van der Waals surface area contributed by atoms with Crippen molar-refractivity contribution in [2.24, 2.45) is 0 Å². The van der Waals surface area contributed by atoms with Gasteiger partial charge in [0.25, 0.3) is 0 Å². The van der Waals surface area contributed by atoms with Crippen molar-refractivity contribution in [2.75, 3.05) is 0 Å². The summed E-state index contributed by atoms with van der Waals surface area (Å²) in [5.41, 5.74) is 0.906. The highest BCUT2D eigenvalue weighted by atomic mass is 16.4. The van der Waals surface area contributed by atoms with Crippen LogP contribution in [0, 0.1) is 6.92 Å². The topological polar surface area (TPSA) is 58.3 Å². The summed E-state index contributed by atoms with van der Waals surface area (Å²) in [4.78, 5) is 0. The zero-order chi connectivity index (χ0) is 6.85. The van der Waals surface area contributed by atoms with Gasteiger partial charge in [-0.3, -0.25) is 4.59 Å². The molecule has 0 spiro atoms.